The molecule has 3 rings (SSSR count). The van der Waals surface area contributed by atoms with Crippen molar-refractivity contribution in [3.8, 4) is 5.69 Å². The van der Waals surface area contributed by atoms with E-state index < -0.39 is 0 Å². The van der Waals surface area contributed by atoms with Crippen LogP contribution in [0.25, 0.3) is 5.69 Å². The Morgan fingerprint density at radius 2 is 2.05 bits per heavy atom. The standard InChI is InChI=1S/C16H20ClN3/c1-10-11(2)19-20(12(10)3)16-6-4-5-15(17)14(16)9-18-13-7-8-13/h4-6,13,18H,7-9H2,1-3H3. The number of nitrogens with zero attached hydrogens (tertiary/aromatic N) is 2. The molecule has 2 aromatic rings. The van der Waals surface area contributed by atoms with Crippen molar-refractivity contribution in [1.82, 2.24) is 15.1 Å². The van der Waals surface area contributed by atoms with Crippen LogP contribution in [0.5, 0.6) is 0 Å². The zero-order valence-electron chi connectivity index (χ0n) is 12.2. The highest BCUT2D eigenvalue weighted by Crippen LogP contribution is 2.27. The Bertz CT molecular complexity index is 641. The zero-order valence-corrected chi connectivity index (χ0v) is 13.0. The van der Waals surface area contributed by atoms with Crippen LogP contribution in [0.15, 0.2) is 18.2 Å². The van der Waals surface area contributed by atoms with Gasteiger partial charge < -0.3 is 5.32 Å². The Morgan fingerprint density at radius 1 is 1.30 bits per heavy atom. The van der Waals surface area contributed by atoms with Crippen molar-refractivity contribution in [1.29, 1.82) is 0 Å². The molecule has 0 spiro atoms. The molecule has 1 fully saturated rings. The lowest BCUT2D eigenvalue weighted by molar-refractivity contribution is 0.679. The number of benzene rings is 1. The molecule has 0 bridgehead atoms. The summed E-state index contributed by atoms with van der Waals surface area (Å²) < 4.78 is 2.01. The van der Waals surface area contributed by atoms with Crippen molar-refractivity contribution in [3.63, 3.8) is 0 Å². The van der Waals surface area contributed by atoms with Gasteiger partial charge in [-0.05, 0) is 51.3 Å². The molecule has 0 atom stereocenters. The smallest absolute Gasteiger partial charge is 0.0708 e. The maximum Gasteiger partial charge on any atom is 0.0708 e. The third kappa shape index (κ3) is 2.48. The predicted molar refractivity (Wildman–Crippen MR) is 82.6 cm³/mol. The Hall–Kier alpha value is -1.32. The Balaban J connectivity index is 2.02. The summed E-state index contributed by atoms with van der Waals surface area (Å²) in [5, 5.41) is 9.00. The molecule has 4 heteroatoms. The monoisotopic (exact) mass is 289 g/mol. The molecule has 1 aromatic carbocycles. The molecule has 0 unspecified atom stereocenters. The summed E-state index contributed by atoms with van der Waals surface area (Å²) >= 11 is 6.40. The van der Waals surface area contributed by atoms with E-state index in [4.69, 9.17) is 11.6 Å². The normalized spacial score (nSPS) is 14.8. The van der Waals surface area contributed by atoms with Crippen LogP contribution in [0.3, 0.4) is 0 Å². The Kier molecular flexibility index (Phi) is 3.57. The predicted octanol–water partition coefficient (Wildman–Crippen LogP) is 3.70. The summed E-state index contributed by atoms with van der Waals surface area (Å²) in [4.78, 5) is 0. The van der Waals surface area contributed by atoms with Crippen molar-refractivity contribution in [2.75, 3.05) is 0 Å². The first-order valence-corrected chi connectivity index (χ1v) is 7.49. The molecule has 3 nitrogen and oxygen atoms in total. The highest BCUT2D eigenvalue weighted by Gasteiger charge is 2.22. The third-order valence-electron chi connectivity index (χ3n) is 4.12. The quantitative estimate of drug-likeness (QED) is 0.930. The number of aryl methyl sites for hydroxylation is 1. The first kappa shape index (κ1) is 13.7. The maximum atomic E-state index is 6.40. The number of halogens is 1. The van der Waals surface area contributed by atoms with Crippen LogP contribution in [0.4, 0.5) is 0 Å². The zero-order chi connectivity index (χ0) is 14.3. The second-order valence-electron chi connectivity index (χ2n) is 5.60. The Morgan fingerprint density at radius 3 is 2.65 bits per heavy atom. The van der Waals surface area contributed by atoms with E-state index in [0.717, 1.165) is 28.5 Å². The van der Waals surface area contributed by atoms with Gasteiger partial charge in [-0.15, -0.1) is 0 Å². The van der Waals surface area contributed by atoms with Crippen LogP contribution in [0.1, 0.15) is 35.4 Å². The van der Waals surface area contributed by atoms with E-state index in [1.165, 1.54) is 24.1 Å². The molecule has 1 aromatic heterocycles. The van der Waals surface area contributed by atoms with E-state index >= 15 is 0 Å². The first-order valence-electron chi connectivity index (χ1n) is 7.12. The SMILES string of the molecule is Cc1nn(-c2cccc(Cl)c2CNC2CC2)c(C)c1C. The van der Waals surface area contributed by atoms with E-state index in [-0.39, 0.29) is 0 Å². The molecule has 0 radical (unpaired) electrons. The minimum Gasteiger partial charge on any atom is -0.310 e. The molecule has 0 amide bonds. The fourth-order valence-electron chi connectivity index (χ4n) is 2.41. The second-order valence-corrected chi connectivity index (χ2v) is 6.01. The number of aromatic nitrogens is 2. The molecule has 1 saturated carbocycles. The number of hydrogen-bond donors (Lipinski definition) is 1. The number of rotatable bonds is 4. The van der Waals surface area contributed by atoms with Gasteiger partial charge in [0.2, 0.25) is 0 Å². The molecule has 20 heavy (non-hydrogen) atoms. The molecule has 1 aliphatic rings. The molecule has 1 heterocycles. The van der Waals surface area contributed by atoms with Gasteiger partial charge >= 0.3 is 0 Å². The lowest BCUT2D eigenvalue weighted by Crippen LogP contribution is -2.17. The second kappa shape index (κ2) is 5.23. The van der Waals surface area contributed by atoms with Crippen LogP contribution in [-0.2, 0) is 6.54 Å². The topological polar surface area (TPSA) is 29.9 Å². The minimum atomic E-state index is 0.668. The van der Waals surface area contributed by atoms with E-state index in [1.807, 2.05) is 23.7 Å². The van der Waals surface area contributed by atoms with Crippen molar-refractivity contribution in [2.45, 2.75) is 46.2 Å². The van der Waals surface area contributed by atoms with E-state index in [0.29, 0.717) is 6.04 Å². The van der Waals surface area contributed by atoms with Crippen LogP contribution in [0.2, 0.25) is 5.02 Å². The third-order valence-corrected chi connectivity index (χ3v) is 4.47. The molecular formula is C16H20ClN3. The average molecular weight is 290 g/mol. The van der Waals surface area contributed by atoms with Crippen molar-refractivity contribution >= 4 is 11.6 Å². The van der Waals surface area contributed by atoms with Gasteiger partial charge in [-0.2, -0.15) is 5.10 Å². The van der Waals surface area contributed by atoms with Gasteiger partial charge in [-0.3, -0.25) is 0 Å². The minimum absolute atomic E-state index is 0.668. The van der Waals surface area contributed by atoms with Crippen LogP contribution >= 0.6 is 11.6 Å². The summed E-state index contributed by atoms with van der Waals surface area (Å²) in [5.74, 6) is 0. The maximum absolute atomic E-state index is 6.40. The van der Waals surface area contributed by atoms with Gasteiger partial charge in [0, 0.05) is 28.9 Å². The van der Waals surface area contributed by atoms with E-state index in [9.17, 15) is 0 Å². The molecule has 1 aliphatic carbocycles. The number of nitrogens with one attached hydrogen (secondary N) is 1. The van der Waals surface area contributed by atoms with Gasteiger partial charge in [0.05, 0.1) is 11.4 Å². The highest BCUT2D eigenvalue weighted by atomic mass is 35.5. The molecular weight excluding hydrogens is 270 g/mol. The van der Waals surface area contributed by atoms with Crippen LogP contribution in [0, 0.1) is 20.8 Å². The lowest BCUT2D eigenvalue weighted by atomic mass is 10.1. The van der Waals surface area contributed by atoms with Crippen LogP contribution in [-0.4, -0.2) is 15.8 Å². The summed E-state index contributed by atoms with van der Waals surface area (Å²) in [6.07, 6.45) is 2.55. The average Bonchev–Trinajstić information content (AvgIpc) is 3.21. The van der Waals surface area contributed by atoms with Crippen molar-refractivity contribution < 1.29 is 0 Å². The van der Waals surface area contributed by atoms with Crippen molar-refractivity contribution in [2.24, 2.45) is 0 Å². The molecule has 0 aliphatic heterocycles. The van der Waals surface area contributed by atoms with Gasteiger partial charge in [0.25, 0.3) is 0 Å². The van der Waals surface area contributed by atoms with Crippen LogP contribution < -0.4 is 5.32 Å². The first-order chi connectivity index (χ1) is 9.58. The summed E-state index contributed by atoms with van der Waals surface area (Å²) in [6, 6.07) is 6.70. The Labute approximate surface area is 124 Å². The van der Waals surface area contributed by atoms with E-state index in [2.05, 4.69) is 30.3 Å². The summed E-state index contributed by atoms with van der Waals surface area (Å²) in [5.41, 5.74) is 5.71. The number of hydrogen-bond acceptors (Lipinski definition) is 2. The van der Waals surface area contributed by atoms with E-state index in [1.54, 1.807) is 0 Å². The van der Waals surface area contributed by atoms with Gasteiger partial charge in [-0.25, -0.2) is 4.68 Å². The van der Waals surface area contributed by atoms with Gasteiger partial charge in [-0.1, -0.05) is 17.7 Å². The van der Waals surface area contributed by atoms with Gasteiger partial charge in [0.1, 0.15) is 0 Å². The fraction of sp³-hybridized carbons (Fsp3) is 0.438. The lowest BCUT2D eigenvalue weighted by Gasteiger charge is -2.13. The summed E-state index contributed by atoms with van der Waals surface area (Å²) in [6.45, 7) is 7.07. The molecule has 106 valence electrons. The summed E-state index contributed by atoms with van der Waals surface area (Å²) in [7, 11) is 0. The van der Waals surface area contributed by atoms with Gasteiger partial charge in [0.15, 0.2) is 0 Å². The largest absolute Gasteiger partial charge is 0.310 e. The molecule has 1 N–H and O–H groups in total. The highest BCUT2D eigenvalue weighted by molar-refractivity contribution is 6.31. The fourth-order valence-corrected chi connectivity index (χ4v) is 2.65. The molecule has 0 saturated heterocycles. The van der Waals surface area contributed by atoms with Crippen molar-refractivity contribution in [3.05, 3.63) is 45.7 Å².